The van der Waals surface area contributed by atoms with Crippen LogP contribution in [0.25, 0.3) is 0 Å². The summed E-state index contributed by atoms with van der Waals surface area (Å²) in [7, 11) is 0. The second-order valence-corrected chi connectivity index (χ2v) is 5.38. The van der Waals surface area contributed by atoms with Crippen molar-refractivity contribution in [3.05, 3.63) is 0 Å². The molecule has 0 unspecified atom stereocenters. The number of hydrogen-bond donors (Lipinski definition) is 1. The van der Waals surface area contributed by atoms with Crippen molar-refractivity contribution in [2.75, 3.05) is 19.7 Å². The maximum absolute atomic E-state index is 12.6. The van der Waals surface area contributed by atoms with Crippen molar-refractivity contribution in [2.24, 2.45) is 0 Å². The lowest BCUT2D eigenvalue weighted by molar-refractivity contribution is -0.144. The second-order valence-electron chi connectivity index (χ2n) is 5.38. The Bertz CT molecular complexity index is 393. The Morgan fingerprint density at radius 3 is 2.33 bits per heavy atom. The van der Waals surface area contributed by atoms with E-state index in [2.05, 4.69) is 0 Å². The first-order valence-electron chi connectivity index (χ1n) is 7.31. The second kappa shape index (κ2) is 7.85. The molecule has 0 bridgehead atoms. The zero-order chi connectivity index (χ0) is 16.0. The van der Waals surface area contributed by atoms with E-state index in [1.165, 1.54) is 4.90 Å². The first-order valence-corrected chi connectivity index (χ1v) is 7.31. The van der Waals surface area contributed by atoms with Gasteiger partial charge in [-0.05, 0) is 33.6 Å². The van der Waals surface area contributed by atoms with Crippen molar-refractivity contribution in [3.8, 4) is 0 Å². The van der Waals surface area contributed by atoms with Crippen molar-refractivity contribution in [3.63, 3.8) is 0 Å². The molecule has 0 heterocycles. The lowest BCUT2D eigenvalue weighted by Crippen LogP contribution is -2.50. The van der Waals surface area contributed by atoms with Crippen LogP contribution in [0.1, 0.15) is 40.0 Å². The summed E-state index contributed by atoms with van der Waals surface area (Å²) in [6.45, 7) is 5.68. The molecule has 1 aliphatic carbocycles. The van der Waals surface area contributed by atoms with E-state index in [1.54, 1.807) is 11.8 Å². The number of aliphatic carboxylic acids is 1. The summed E-state index contributed by atoms with van der Waals surface area (Å²) in [6.07, 6.45) is 1.68. The van der Waals surface area contributed by atoms with E-state index < -0.39 is 11.9 Å². The predicted molar refractivity (Wildman–Crippen MR) is 75.9 cm³/mol. The number of nitrogens with zero attached hydrogens (tertiary/aromatic N) is 2. The van der Waals surface area contributed by atoms with Crippen molar-refractivity contribution >= 4 is 18.0 Å². The summed E-state index contributed by atoms with van der Waals surface area (Å²) in [5.41, 5.74) is 0. The van der Waals surface area contributed by atoms with Gasteiger partial charge in [0.1, 0.15) is 6.54 Å². The molecule has 0 saturated heterocycles. The third-order valence-electron chi connectivity index (χ3n) is 3.27. The molecule has 1 rings (SSSR count). The highest BCUT2D eigenvalue weighted by atomic mass is 16.5. The van der Waals surface area contributed by atoms with Crippen molar-refractivity contribution in [1.29, 1.82) is 0 Å². The molecule has 1 N–H and O–H groups in total. The lowest BCUT2D eigenvalue weighted by atomic mass is 10.3. The molecule has 0 aromatic carbocycles. The Labute approximate surface area is 124 Å². The maximum Gasteiger partial charge on any atom is 0.325 e. The van der Waals surface area contributed by atoms with Crippen LogP contribution in [0.3, 0.4) is 0 Å². The molecule has 0 aliphatic heterocycles. The number of carboxylic acids is 1. The predicted octanol–water partition coefficient (Wildman–Crippen LogP) is 1.32. The number of carbonyl (C=O) groups excluding carboxylic acids is 2. The molecule has 2 amide bonds. The number of rotatable bonds is 8. The number of ether oxygens (including phenoxy) is 1. The molecule has 7 heteroatoms. The highest BCUT2D eigenvalue weighted by Gasteiger charge is 2.36. The Hall–Kier alpha value is -1.79. The van der Waals surface area contributed by atoms with Gasteiger partial charge in [-0.1, -0.05) is 0 Å². The van der Waals surface area contributed by atoms with Gasteiger partial charge in [0.15, 0.2) is 0 Å². The van der Waals surface area contributed by atoms with Crippen LogP contribution in [0.15, 0.2) is 0 Å². The summed E-state index contributed by atoms with van der Waals surface area (Å²) in [5, 5.41) is 8.78. The van der Waals surface area contributed by atoms with Crippen LogP contribution in [0.4, 0.5) is 4.79 Å². The van der Waals surface area contributed by atoms with E-state index in [0.29, 0.717) is 0 Å². The van der Waals surface area contributed by atoms with Crippen LogP contribution in [0.2, 0.25) is 0 Å². The van der Waals surface area contributed by atoms with Crippen molar-refractivity contribution in [1.82, 2.24) is 9.80 Å². The number of esters is 1. The van der Waals surface area contributed by atoms with Gasteiger partial charge in [-0.15, -0.1) is 0 Å². The molecular weight excluding hydrogens is 276 g/mol. The van der Waals surface area contributed by atoms with Crippen LogP contribution in [0.5, 0.6) is 0 Å². The molecule has 120 valence electrons. The van der Waals surface area contributed by atoms with Crippen LogP contribution in [0, 0.1) is 0 Å². The minimum Gasteiger partial charge on any atom is -0.481 e. The number of hydrogen-bond acceptors (Lipinski definition) is 4. The zero-order valence-corrected chi connectivity index (χ0v) is 12.9. The molecule has 0 aromatic rings. The summed E-state index contributed by atoms with van der Waals surface area (Å²) in [4.78, 5) is 37.9. The van der Waals surface area contributed by atoms with E-state index >= 15 is 0 Å². The molecule has 0 atom stereocenters. The molecule has 0 radical (unpaired) electrons. The van der Waals surface area contributed by atoms with Gasteiger partial charge >= 0.3 is 18.0 Å². The van der Waals surface area contributed by atoms with Gasteiger partial charge in [0.25, 0.3) is 0 Å². The Kier molecular flexibility index (Phi) is 6.45. The highest BCUT2D eigenvalue weighted by Crippen LogP contribution is 2.28. The SMILES string of the molecule is CCOC(=O)CN(C(=O)N(CCC(=O)O)C1CC1)C(C)C. The zero-order valence-electron chi connectivity index (χ0n) is 12.9. The lowest BCUT2D eigenvalue weighted by Gasteiger charge is -2.32. The minimum absolute atomic E-state index is 0.0897. The monoisotopic (exact) mass is 300 g/mol. The van der Waals surface area contributed by atoms with Crippen LogP contribution >= 0.6 is 0 Å². The number of amides is 2. The smallest absolute Gasteiger partial charge is 0.325 e. The van der Waals surface area contributed by atoms with E-state index in [1.807, 2.05) is 13.8 Å². The minimum atomic E-state index is -0.935. The normalized spacial score (nSPS) is 13.9. The van der Waals surface area contributed by atoms with Crippen molar-refractivity contribution in [2.45, 2.75) is 52.1 Å². The summed E-state index contributed by atoms with van der Waals surface area (Å²) >= 11 is 0. The Morgan fingerprint density at radius 2 is 1.90 bits per heavy atom. The Balaban J connectivity index is 2.71. The highest BCUT2D eigenvalue weighted by molar-refractivity contribution is 5.82. The van der Waals surface area contributed by atoms with Crippen LogP contribution in [-0.2, 0) is 14.3 Å². The fraction of sp³-hybridized carbons (Fsp3) is 0.786. The fourth-order valence-electron chi connectivity index (χ4n) is 2.02. The summed E-state index contributed by atoms with van der Waals surface area (Å²) in [6, 6.07) is -0.352. The molecular formula is C14H24N2O5. The van der Waals surface area contributed by atoms with Gasteiger partial charge in [0, 0.05) is 18.6 Å². The fourth-order valence-corrected chi connectivity index (χ4v) is 2.02. The molecule has 1 saturated carbocycles. The van der Waals surface area contributed by atoms with Crippen molar-refractivity contribution < 1.29 is 24.2 Å². The van der Waals surface area contributed by atoms with E-state index in [9.17, 15) is 14.4 Å². The molecule has 1 aliphatic rings. The third kappa shape index (κ3) is 5.61. The Morgan fingerprint density at radius 1 is 1.29 bits per heavy atom. The average Bonchev–Trinajstić information content (AvgIpc) is 3.20. The van der Waals surface area contributed by atoms with E-state index in [4.69, 9.17) is 9.84 Å². The summed E-state index contributed by atoms with van der Waals surface area (Å²) < 4.78 is 4.88. The molecule has 0 spiro atoms. The molecule has 1 fully saturated rings. The van der Waals surface area contributed by atoms with Gasteiger partial charge in [-0.2, -0.15) is 0 Å². The quantitative estimate of drug-likeness (QED) is 0.683. The van der Waals surface area contributed by atoms with Gasteiger partial charge in [-0.25, -0.2) is 4.79 Å². The van der Waals surface area contributed by atoms with Gasteiger partial charge < -0.3 is 19.6 Å². The number of urea groups is 1. The van der Waals surface area contributed by atoms with E-state index in [-0.39, 0.29) is 44.2 Å². The van der Waals surface area contributed by atoms with Gasteiger partial charge in [0.05, 0.1) is 13.0 Å². The largest absolute Gasteiger partial charge is 0.481 e. The van der Waals surface area contributed by atoms with Gasteiger partial charge in [-0.3, -0.25) is 9.59 Å². The molecule has 7 nitrogen and oxygen atoms in total. The van der Waals surface area contributed by atoms with E-state index in [0.717, 1.165) is 12.8 Å². The standard InChI is InChI=1S/C14H24N2O5/c1-4-21-13(19)9-16(10(2)3)14(20)15(11-5-6-11)8-7-12(17)18/h10-11H,4-9H2,1-3H3,(H,17,18). The van der Waals surface area contributed by atoms with Crippen LogP contribution in [-0.4, -0.2) is 64.7 Å². The first-order chi connectivity index (χ1) is 9.86. The third-order valence-corrected chi connectivity index (χ3v) is 3.27. The maximum atomic E-state index is 12.6. The first kappa shape index (κ1) is 17.3. The molecule has 21 heavy (non-hydrogen) atoms. The topological polar surface area (TPSA) is 87.2 Å². The molecule has 0 aromatic heterocycles. The van der Waals surface area contributed by atoms with Crippen LogP contribution < -0.4 is 0 Å². The average molecular weight is 300 g/mol. The number of carbonyl (C=O) groups is 3. The van der Waals surface area contributed by atoms with Gasteiger partial charge in [0.2, 0.25) is 0 Å². The number of carboxylic acid groups (broad SMARTS) is 1. The summed E-state index contributed by atoms with van der Waals surface area (Å²) in [5.74, 6) is -1.39.